The maximum atomic E-state index is 12.0. The predicted octanol–water partition coefficient (Wildman–Crippen LogP) is 3.67. The highest BCUT2D eigenvalue weighted by molar-refractivity contribution is 5.93. The molecule has 0 saturated carbocycles. The fourth-order valence-electron chi connectivity index (χ4n) is 2.38. The molecule has 0 radical (unpaired) electrons. The van der Waals surface area contributed by atoms with Crippen LogP contribution in [0.5, 0.6) is 0 Å². The predicted molar refractivity (Wildman–Crippen MR) is 96.7 cm³/mol. The van der Waals surface area contributed by atoms with Crippen molar-refractivity contribution in [2.75, 3.05) is 5.32 Å². The Kier molecular flexibility index (Phi) is 6.43. The van der Waals surface area contributed by atoms with E-state index in [2.05, 4.69) is 5.32 Å². The Morgan fingerprint density at radius 1 is 1.04 bits per heavy atom. The van der Waals surface area contributed by atoms with Crippen LogP contribution in [0.1, 0.15) is 29.5 Å². The molecule has 2 aromatic rings. The molecule has 2 aromatic carbocycles. The summed E-state index contributed by atoms with van der Waals surface area (Å²) in [5.74, 6) is -0.755. The number of anilines is 1. The lowest BCUT2D eigenvalue weighted by atomic mass is 10.1. The van der Waals surface area contributed by atoms with E-state index in [-0.39, 0.29) is 31.0 Å². The Morgan fingerprint density at radius 3 is 2.23 bits per heavy atom. The van der Waals surface area contributed by atoms with Crippen LogP contribution in [0, 0.1) is 24.0 Å². The number of esters is 1. The molecular weight excluding hydrogens is 336 g/mol. The minimum atomic E-state index is -0.500. The van der Waals surface area contributed by atoms with Crippen molar-refractivity contribution in [3.63, 3.8) is 0 Å². The van der Waals surface area contributed by atoms with E-state index in [1.165, 1.54) is 24.3 Å². The number of non-ortho nitro benzene ring substituents is 1. The van der Waals surface area contributed by atoms with Crippen LogP contribution in [-0.4, -0.2) is 16.8 Å². The molecule has 7 nitrogen and oxygen atoms in total. The highest BCUT2D eigenvalue weighted by Gasteiger charge is 2.11. The number of nitrogens with zero attached hydrogens (tertiary/aromatic N) is 1. The van der Waals surface area contributed by atoms with Crippen LogP contribution >= 0.6 is 0 Å². The average molecular weight is 356 g/mol. The van der Waals surface area contributed by atoms with Crippen LogP contribution < -0.4 is 5.32 Å². The molecule has 0 heterocycles. The molecule has 0 aliphatic heterocycles. The summed E-state index contributed by atoms with van der Waals surface area (Å²) < 4.78 is 5.09. The van der Waals surface area contributed by atoms with Gasteiger partial charge in [0.05, 0.1) is 11.3 Å². The van der Waals surface area contributed by atoms with Gasteiger partial charge >= 0.3 is 5.97 Å². The number of nitrogens with one attached hydrogen (secondary N) is 1. The Morgan fingerprint density at radius 2 is 1.65 bits per heavy atom. The molecule has 7 heteroatoms. The molecule has 26 heavy (non-hydrogen) atoms. The Balaban J connectivity index is 1.77. The second-order valence-corrected chi connectivity index (χ2v) is 5.90. The standard InChI is InChI=1S/C19H20N2O5/c1-13-4-3-5-14(2)19(13)20-17(22)10-11-18(23)26-12-15-6-8-16(9-7-15)21(24)25/h3-9H,10-12H2,1-2H3,(H,20,22). The SMILES string of the molecule is Cc1cccc(C)c1NC(=O)CCC(=O)OCc1ccc([N+](=O)[O-])cc1. The number of para-hydroxylation sites is 1. The second-order valence-electron chi connectivity index (χ2n) is 5.90. The summed E-state index contributed by atoms with van der Waals surface area (Å²) in [5, 5.41) is 13.4. The summed E-state index contributed by atoms with van der Waals surface area (Å²) in [6, 6.07) is 11.5. The zero-order valence-corrected chi connectivity index (χ0v) is 14.7. The van der Waals surface area contributed by atoms with Crippen LogP contribution in [0.4, 0.5) is 11.4 Å². The third-order valence-electron chi connectivity index (χ3n) is 3.85. The van der Waals surface area contributed by atoms with Crippen molar-refractivity contribution >= 4 is 23.3 Å². The van der Waals surface area contributed by atoms with Gasteiger partial charge in [0.25, 0.3) is 5.69 Å². The first-order valence-corrected chi connectivity index (χ1v) is 8.12. The van der Waals surface area contributed by atoms with Gasteiger partial charge in [0, 0.05) is 24.2 Å². The molecule has 0 atom stereocenters. The topological polar surface area (TPSA) is 98.5 Å². The number of hydrogen-bond donors (Lipinski definition) is 1. The van der Waals surface area contributed by atoms with E-state index in [0.717, 1.165) is 16.8 Å². The summed E-state index contributed by atoms with van der Waals surface area (Å²) in [5.41, 5.74) is 3.29. The van der Waals surface area contributed by atoms with Gasteiger partial charge in [-0.2, -0.15) is 0 Å². The van der Waals surface area contributed by atoms with Gasteiger partial charge in [-0.15, -0.1) is 0 Å². The maximum absolute atomic E-state index is 12.0. The summed E-state index contributed by atoms with van der Waals surface area (Å²) in [6.07, 6.45) is -0.0172. The third kappa shape index (κ3) is 5.41. The Bertz CT molecular complexity index is 795. The largest absolute Gasteiger partial charge is 0.461 e. The van der Waals surface area contributed by atoms with Crippen molar-refractivity contribution in [1.29, 1.82) is 0 Å². The Hall–Kier alpha value is -3.22. The average Bonchev–Trinajstić information content (AvgIpc) is 2.61. The third-order valence-corrected chi connectivity index (χ3v) is 3.85. The van der Waals surface area contributed by atoms with E-state index in [1.807, 2.05) is 32.0 Å². The van der Waals surface area contributed by atoms with E-state index < -0.39 is 10.9 Å². The van der Waals surface area contributed by atoms with Crippen molar-refractivity contribution in [2.45, 2.75) is 33.3 Å². The first-order chi connectivity index (χ1) is 12.4. The number of aryl methyl sites for hydroxylation is 2. The van der Waals surface area contributed by atoms with E-state index in [0.29, 0.717) is 5.56 Å². The molecule has 0 saturated heterocycles. The Labute approximate surface area is 151 Å². The molecule has 0 fully saturated rings. The fraction of sp³-hybridized carbons (Fsp3) is 0.263. The monoisotopic (exact) mass is 356 g/mol. The molecule has 1 N–H and O–H groups in total. The van der Waals surface area contributed by atoms with Crippen LogP contribution in [0.25, 0.3) is 0 Å². The van der Waals surface area contributed by atoms with Gasteiger partial charge in [0.15, 0.2) is 0 Å². The highest BCUT2D eigenvalue weighted by Crippen LogP contribution is 2.19. The zero-order chi connectivity index (χ0) is 19.1. The minimum Gasteiger partial charge on any atom is -0.461 e. The smallest absolute Gasteiger partial charge is 0.306 e. The molecule has 2 rings (SSSR count). The van der Waals surface area contributed by atoms with E-state index in [9.17, 15) is 19.7 Å². The van der Waals surface area contributed by atoms with E-state index in [4.69, 9.17) is 4.74 Å². The molecule has 0 aliphatic carbocycles. The molecule has 0 bridgehead atoms. The summed E-state index contributed by atoms with van der Waals surface area (Å²) in [7, 11) is 0. The number of benzene rings is 2. The van der Waals surface area contributed by atoms with Crippen molar-refractivity contribution in [3.8, 4) is 0 Å². The first kappa shape index (κ1) is 19.1. The normalized spacial score (nSPS) is 10.2. The summed E-state index contributed by atoms with van der Waals surface area (Å²) in [4.78, 5) is 33.9. The number of rotatable bonds is 7. The maximum Gasteiger partial charge on any atom is 0.306 e. The van der Waals surface area contributed by atoms with Gasteiger partial charge in [0.2, 0.25) is 5.91 Å². The molecule has 0 aliphatic rings. The molecule has 136 valence electrons. The lowest BCUT2D eigenvalue weighted by Crippen LogP contribution is -2.16. The zero-order valence-electron chi connectivity index (χ0n) is 14.7. The number of ether oxygens (including phenoxy) is 1. The van der Waals surface area contributed by atoms with Gasteiger partial charge in [0.1, 0.15) is 6.61 Å². The number of nitro benzene ring substituents is 1. The number of nitro groups is 1. The first-order valence-electron chi connectivity index (χ1n) is 8.12. The number of carbonyl (C=O) groups is 2. The molecule has 0 aromatic heterocycles. The van der Waals surface area contributed by atoms with Crippen molar-refractivity contribution < 1.29 is 19.2 Å². The minimum absolute atomic E-state index is 0.00927. The number of hydrogen-bond acceptors (Lipinski definition) is 5. The lowest BCUT2D eigenvalue weighted by molar-refractivity contribution is -0.384. The van der Waals surface area contributed by atoms with E-state index >= 15 is 0 Å². The lowest BCUT2D eigenvalue weighted by Gasteiger charge is -2.11. The number of carbonyl (C=O) groups excluding carboxylic acids is 2. The van der Waals surface area contributed by atoms with Gasteiger partial charge in [-0.3, -0.25) is 19.7 Å². The highest BCUT2D eigenvalue weighted by atomic mass is 16.6. The number of amides is 1. The molecule has 0 unspecified atom stereocenters. The quantitative estimate of drug-likeness (QED) is 0.463. The second kappa shape index (κ2) is 8.75. The fourth-order valence-corrected chi connectivity index (χ4v) is 2.38. The molecule has 1 amide bonds. The van der Waals surface area contributed by atoms with E-state index in [1.54, 1.807) is 0 Å². The van der Waals surface area contributed by atoms with Crippen LogP contribution in [0.2, 0.25) is 0 Å². The van der Waals surface area contributed by atoms with Gasteiger partial charge in [-0.25, -0.2) is 0 Å². The van der Waals surface area contributed by atoms with Crippen LogP contribution in [0.3, 0.4) is 0 Å². The summed E-state index contributed by atoms with van der Waals surface area (Å²) >= 11 is 0. The van der Waals surface area contributed by atoms with Gasteiger partial charge in [-0.05, 0) is 42.7 Å². The van der Waals surface area contributed by atoms with Crippen molar-refractivity contribution in [3.05, 3.63) is 69.3 Å². The van der Waals surface area contributed by atoms with Crippen molar-refractivity contribution in [1.82, 2.24) is 0 Å². The molecular formula is C19H20N2O5. The summed E-state index contributed by atoms with van der Waals surface area (Å²) in [6.45, 7) is 3.82. The van der Waals surface area contributed by atoms with Crippen LogP contribution in [-0.2, 0) is 20.9 Å². The van der Waals surface area contributed by atoms with Crippen LogP contribution in [0.15, 0.2) is 42.5 Å². The molecule has 0 spiro atoms. The van der Waals surface area contributed by atoms with Gasteiger partial charge < -0.3 is 10.1 Å². The van der Waals surface area contributed by atoms with Gasteiger partial charge in [-0.1, -0.05) is 18.2 Å². The van der Waals surface area contributed by atoms with Crippen molar-refractivity contribution in [2.24, 2.45) is 0 Å².